The molecule has 2 N–H and O–H groups in total. The van der Waals surface area contributed by atoms with Gasteiger partial charge in [-0.15, -0.1) is 0 Å². The Morgan fingerprint density at radius 2 is 1.74 bits per heavy atom. The molecule has 0 aliphatic carbocycles. The van der Waals surface area contributed by atoms with Gasteiger partial charge in [0, 0.05) is 30.5 Å². The maximum atomic E-state index is 13.5. The highest BCUT2D eigenvalue weighted by molar-refractivity contribution is 5.98. The second kappa shape index (κ2) is 8.40. The molecule has 5 nitrogen and oxygen atoms in total. The number of ketones is 1. The van der Waals surface area contributed by atoms with E-state index in [1.54, 1.807) is 6.07 Å². The van der Waals surface area contributed by atoms with Gasteiger partial charge >= 0.3 is 0 Å². The number of nitrogens with one attached hydrogen (secondary N) is 2. The van der Waals surface area contributed by atoms with E-state index in [4.69, 9.17) is 0 Å². The summed E-state index contributed by atoms with van der Waals surface area (Å²) in [5, 5.41) is 3.62. The molecule has 2 aromatic carbocycles. The number of para-hydroxylation sites is 1. The van der Waals surface area contributed by atoms with Crippen molar-refractivity contribution in [1.29, 1.82) is 0 Å². The van der Waals surface area contributed by atoms with Gasteiger partial charge in [0.25, 0.3) is 5.56 Å². The molecule has 0 saturated heterocycles. The Morgan fingerprint density at radius 3 is 2.56 bits per heavy atom. The summed E-state index contributed by atoms with van der Waals surface area (Å²) in [7, 11) is 0. The number of Topliss-reactive ketones (excluding diaryl/α,β-unsaturated/α-hetero) is 1. The number of aromatic nitrogens is 1. The number of amides is 1. The number of hydrogen-bond acceptors (Lipinski definition) is 3. The highest BCUT2D eigenvalue weighted by atomic mass is 19.1. The van der Waals surface area contributed by atoms with Gasteiger partial charge in [0.15, 0.2) is 5.78 Å². The highest BCUT2D eigenvalue weighted by Crippen LogP contribution is 2.11. The molecule has 27 heavy (non-hydrogen) atoms. The number of fused-ring (bicyclic) bond motifs is 1. The zero-order chi connectivity index (χ0) is 19.2. The molecule has 0 atom stereocenters. The first kappa shape index (κ1) is 18.5. The van der Waals surface area contributed by atoms with E-state index in [1.165, 1.54) is 18.2 Å². The Labute approximate surface area is 155 Å². The molecule has 1 aromatic heterocycles. The molecule has 0 radical (unpaired) electrons. The molecule has 0 aliphatic heterocycles. The van der Waals surface area contributed by atoms with E-state index in [0.29, 0.717) is 12.0 Å². The standard InChI is InChI=1S/C21H19FN2O3/c22-17-7-3-2-6-16(17)19(25)9-10-20(26)23-12-11-15-13-14-5-1-4-8-18(14)24-21(15)27/h1-8,13H,9-12H2,(H,23,26)(H,24,27). The summed E-state index contributed by atoms with van der Waals surface area (Å²) in [6, 6.07) is 15.0. The lowest BCUT2D eigenvalue weighted by molar-refractivity contribution is -0.121. The van der Waals surface area contributed by atoms with Crippen LogP contribution in [0.15, 0.2) is 59.4 Å². The molecule has 138 valence electrons. The first-order valence-corrected chi connectivity index (χ1v) is 8.70. The molecule has 1 heterocycles. The van der Waals surface area contributed by atoms with Crippen molar-refractivity contribution in [3.8, 4) is 0 Å². The van der Waals surface area contributed by atoms with Crippen LogP contribution in [-0.4, -0.2) is 23.2 Å². The predicted molar refractivity (Wildman–Crippen MR) is 101 cm³/mol. The Hall–Kier alpha value is -3.28. The summed E-state index contributed by atoms with van der Waals surface area (Å²) in [4.78, 5) is 38.8. The smallest absolute Gasteiger partial charge is 0.251 e. The average Bonchev–Trinajstić information content (AvgIpc) is 2.67. The third-order valence-corrected chi connectivity index (χ3v) is 4.30. The third kappa shape index (κ3) is 4.67. The predicted octanol–water partition coefficient (Wildman–Crippen LogP) is 2.99. The second-order valence-electron chi connectivity index (χ2n) is 6.21. The molecule has 0 saturated carbocycles. The largest absolute Gasteiger partial charge is 0.356 e. The lowest BCUT2D eigenvalue weighted by Gasteiger charge is -2.06. The highest BCUT2D eigenvalue weighted by Gasteiger charge is 2.13. The van der Waals surface area contributed by atoms with Crippen molar-refractivity contribution in [1.82, 2.24) is 10.3 Å². The lowest BCUT2D eigenvalue weighted by atomic mass is 10.1. The fourth-order valence-corrected chi connectivity index (χ4v) is 2.85. The third-order valence-electron chi connectivity index (χ3n) is 4.30. The zero-order valence-corrected chi connectivity index (χ0v) is 14.6. The SMILES string of the molecule is O=C(CCC(=O)c1ccccc1F)NCCc1cc2ccccc2[nH]c1=O. The Morgan fingerprint density at radius 1 is 1.00 bits per heavy atom. The minimum Gasteiger partial charge on any atom is -0.356 e. The molecule has 0 fully saturated rings. The van der Waals surface area contributed by atoms with Crippen LogP contribution in [0.1, 0.15) is 28.8 Å². The van der Waals surface area contributed by atoms with E-state index in [1.807, 2.05) is 30.3 Å². The normalized spacial score (nSPS) is 10.7. The van der Waals surface area contributed by atoms with Gasteiger partial charge in [-0.05, 0) is 36.1 Å². The molecule has 6 heteroatoms. The number of H-pyrrole nitrogens is 1. The molecule has 3 aromatic rings. The van der Waals surface area contributed by atoms with Gasteiger partial charge in [0.2, 0.25) is 5.91 Å². The quantitative estimate of drug-likeness (QED) is 0.631. The Balaban J connectivity index is 1.50. The van der Waals surface area contributed by atoms with E-state index in [0.717, 1.165) is 10.9 Å². The monoisotopic (exact) mass is 366 g/mol. The average molecular weight is 366 g/mol. The van der Waals surface area contributed by atoms with Gasteiger partial charge in [0.05, 0.1) is 5.56 Å². The van der Waals surface area contributed by atoms with Crippen molar-refractivity contribution >= 4 is 22.6 Å². The molecule has 1 amide bonds. The number of halogens is 1. The first-order valence-electron chi connectivity index (χ1n) is 8.70. The van der Waals surface area contributed by atoms with Crippen LogP contribution in [0.2, 0.25) is 0 Å². The van der Waals surface area contributed by atoms with E-state index in [2.05, 4.69) is 10.3 Å². The molecule has 0 unspecified atom stereocenters. The van der Waals surface area contributed by atoms with Crippen LogP contribution in [0.4, 0.5) is 4.39 Å². The molecule has 0 spiro atoms. The van der Waals surface area contributed by atoms with Crippen molar-refractivity contribution in [2.24, 2.45) is 0 Å². The fourth-order valence-electron chi connectivity index (χ4n) is 2.85. The van der Waals surface area contributed by atoms with Crippen molar-refractivity contribution in [2.45, 2.75) is 19.3 Å². The van der Waals surface area contributed by atoms with E-state index in [9.17, 15) is 18.8 Å². The second-order valence-corrected chi connectivity index (χ2v) is 6.21. The fraction of sp³-hybridized carbons (Fsp3) is 0.190. The number of carbonyl (C=O) groups excluding carboxylic acids is 2. The molecule has 0 bridgehead atoms. The Bertz CT molecular complexity index is 1040. The van der Waals surface area contributed by atoms with Crippen LogP contribution in [0.5, 0.6) is 0 Å². The lowest BCUT2D eigenvalue weighted by Crippen LogP contribution is -2.27. The summed E-state index contributed by atoms with van der Waals surface area (Å²) >= 11 is 0. The van der Waals surface area contributed by atoms with Crippen molar-refractivity contribution in [3.63, 3.8) is 0 Å². The van der Waals surface area contributed by atoms with Gasteiger partial charge in [-0.25, -0.2) is 4.39 Å². The Kier molecular flexibility index (Phi) is 5.76. The van der Waals surface area contributed by atoms with Gasteiger partial charge in [-0.2, -0.15) is 0 Å². The number of benzene rings is 2. The van der Waals surface area contributed by atoms with Crippen LogP contribution in [0.3, 0.4) is 0 Å². The number of rotatable bonds is 7. The van der Waals surface area contributed by atoms with Crippen LogP contribution in [0, 0.1) is 5.82 Å². The van der Waals surface area contributed by atoms with Crippen LogP contribution < -0.4 is 10.9 Å². The van der Waals surface area contributed by atoms with Crippen molar-refractivity contribution in [2.75, 3.05) is 6.54 Å². The maximum absolute atomic E-state index is 13.5. The zero-order valence-electron chi connectivity index (χ0n) is 14.6. The van der Waals surface area contributed by atoms with Gasteiger partial charge < -0.3 is 10.3 Å². The summed E-state index contributed by atoms with van der Waals surface area (Å²) in [6.45, 7) is 0.286. The molecular weight excluding hydrogens is 347 g/mol. The summed E-state index contributed by atoms with van der Waals surface area (Å²) in [5.41, 5.74) is 1.16. The minimum absolute atomic E-state index is 0.00648. The van der Waals surface area contributed by atoms with E-state index >= 15 is 0 Å². The minimum atomic E-state index is -0.585. The number of hydrogen-bond donors (Lipinski definition) is 2. The van der Waals surface area contributed by atoms with Gasteiger partial charge in [-0.3, -0.25) is 14.4 Å². The van der Waals surface area contributed by atoms with E-state index < -0.39 is 11.6 Å². The van der Waals surface area contributed by atoms with Crippen LogP contribution in [0.25, 0.3) is 10.9 Å². The van der Waals surface area contributed by atoms with Crippen LogP contribution in [-0.2, 0) is 11.2 Å². The molecule has 0 aliphatic rings. The number of aromatic amines is 1. The van der Waals surface area contributed by atoms with Crippen LogP contribution >= 0.6 is 0 Å². The summed E-state index contributed by atoms with van der Waals surface area (Å²) < 4.78 is 13.5. The van der Waals surface area contributed by atoms with Gasteiger partial charge in [-0.1, -0.05) is 30.3 Å². The summed E-state index contributed by atoms with van der Waals surface area (Å²) in [5.74, 6) is -1.30. The number of pyridine rings is 1. The van der Waals surface area contributed by atoms with E-state index in [-0.39, 0.29) is 36.4 Å². The molecule has 3 rings (SSSR count). The van der Waals surface area contributed by atoms with Crippen molar-refractivity contribution < 1.29 is 14.0 Å². The number of carbonyl (C=O) groups is 2. The van der Waals surface area contributed by atoms with Crippen molar-refractivity contribution in [3.05, 3.63) is 81.9 Å². The molecular formula is C21H19FN2O3. The van der Waals surface area contributed by atoms with Gasteiger partial charge in [0.1, 0.15) is 5.82 Å². The summed E-state index contributed by atoms with van der Waals surface area (Å²) in [6.07, 6.45) is 0.289. The first-order chi connectivity index (χ1) is 13.0. The maximum Gasteiger partial charge on any atom is 0.251 e. The topological polar surface area (TPSA) is 79.0 Å².